The van der Waals surface area contributed by atoms with E-state index in [0.717, 1.165) is 6.42 Å². The Morgan fingerprint density at radius 3 is 2.33 bits per heavy atom. The van der Waals surface area contributed by atoms with Crippen molar-refractivity contribution in [2.75, 3.05) is 5.32 Å². The van der Waals surface area contributed by atoms with Gasteiger partial charge in [0.25, 0.3) is 0 Å². The molecule has 0 saturated heterocycles. The van der Waals surface area contributed by atoms with Crippen molar-refractivity contribution >= 4 is 29.2 Å². The summed E-state index contributed by atoms with van der Waals surface area (Å²) in [4.78, 5) is 22.9. The third-order valence-electron chi connectivity index (χ3n) is 3.39. The van der Waals surface area contributed by atoms with Crippen molar-refractivity contribution in [3.8, 4) is 0 Å². The van der Waals surface area contributed by atoms with E-state index in [1.165, 1.54) is 0 Å². The lowest BCUT2D eigenvalue weighted by atomic mass is 9.66. The summed E-state index contributed by atoms with van der Waals surface area (Å²) in [5.41, 5.74) is -0.222. The summed E-state index contributed by atoms with van der Waals surface area (Å²) < 4.78 is 0. The van der Waals surface area contributed by atoms with Gasteiger partial charge in [-0.1, -0.05) is 18.0 Å². The van der Waals surface area contributed by atoms with Crippen LogP contribution in [-0.4, -0.2) is 17.0 Å². The number of anilines is 1. The van der Waals surface area contributed by atoms with Crippen LogP contribution in [0.3, 0.4) is 0 Å². The Balaban J connectivity index is 1.96. The van der Waals surface area contributed by atoms with Crippen molar-refractivity contribution in [2.24, 2.45) is 5.41 Å². The van der Waals surface area contributed by atoms with E-state index in [4.69, 9.17) is 16.7 Å². The van der Waals surface area contributed by atoms with Crippen LogP contribution in [0.2, 0.25) is 5.02 Å². The molecule has 18 heavy (non-hydrogen) atoms. The molecular weight excluding hydrogens is 254 g/mol. The van der Waals surface area contributed by atoms with Gasteiger partial charge in [0.05, 0.1) is 5.41 Å². The van der Waals surface area contributed by atoms with Gasteiger partial charge in [0, 0.05) is 17.1 Å². The van der Waals surface area contributed by atoms with Gasteiger partial charge in [-0.05, 0) is 37.1 Å². The topological polar surface area (TPSA) is 66.4 Å². The van der Waals surface area contributed by atoms with Gasteiger partial charge < -0.3 is 10.4 Å². The fourth-order valence-electron chi connectivity index (χ4n) is 2.12. The van der Waals surface area contributed by atoms with Crippen molar-refractivity contribution in [3.63, 3.8) is 0 Å². The minimum absolute atomic E-state index is 0.0327. The highest BCUT2D eigenvalue weighted by Crippen LogP contribution is 2.44. The molecule has 0 unspecified atom stereocenters. The van der Waals surface area contributed by atoms with E-state index in [2.05, 4.69) is 5.32 Å². The van der Waals surface area contributed by atoms with Gasteiger partial charge in [-0.2, -0.15) is 0 Å². The molecule has 0 aliphatic heterocycles. The van der Waals surface area contributed by atoms with Crippen LogP contribution in [0.1, 0.15) is 25.7 Å². The first kappa shape index (κ1) is 12.9. The molecule has 5 heteroatoms. The minimum atomic E-state index is -0.875. The molecule has 0 aromatic heterocycles. The molecule has 96 valence electrons. The highest BCUT2D eigenvalue weighted by Gasteiger charge is 2.45. The average molecular weight is 268 g/mol. The average Bonchev–Trinajstić information content (AvgIpc) is 2.26. The largest absolute Gasteiger partial charge is 0.481 e. The second-order valence-corrected chi connectivity index (χ2v) is 5.11. The van der Waals surface area contributed by atoms with Gasteiger partial charge in [-0.25, -0.2) is 0 Å². The number of carbonyl (C=O) groups is 2. The molecule has 0 radical (unpaired) electrons. The molecule has 1 aromatic carbocycles. The molecule has 1 aliphatic rings. The normalized spacial score (nSPS) is 16.7. The summed E-state index contributed by atoms with van der Waals surface area (Å²) in [6.07, 6.45) is 2.07. The van der Waals surface area contributed by atoms with Crippen molar-refractivity contribution in [1.82, 2.24) is 0 Å². The van der Waals surface area contributed by atoms with Crippen LogP contribution >= 0.6 is 11.6 Å². The number of carbonyl (C=O) groups excluding carboxylic acids is 1. The van der Waals surface area contributed by atoms with E-state index < -0.39 is 11.4 Å². The molecule has 1 saturated carbocycles. The van der Waals surface area contributed by atoms with Gasteiger partial charge in [-0.15, -0.1) is 0 Å². The maximum Gasteiger partial charge on any atom is 0.310 e. The molecule has 1 aliphatic carbocycles. The molecule has 0 spiro atoms. The van der Waals surface area contributed by atoms with E-state index in [0.29, 0.717) is 23.6 Å². The lowest BCUT2D eigenvalue weighted by molar-refractivity contribution is -0.157. The van der Waals surface area contributed by atoms with Gasteiger partial charge in [0.2, 0.25) is 5.91 Å². The van der Waals surface area contributed by atoms with Crippen molar-refractivity contribution in [2.45, 2.75) is 25.7 Å². The minimum Gasteiger partial charge on any atom is -0.481 e. The van der Waals surface area contributed by atoms with Gasteiger partial charge >= 0.3 is 5.97 Å². The predicted molar refractivity (Wildman–Crippen MR) is 68.6 cm³/mol. The summed E-state index contributed by atoms with van der Waals surface area (Å²) in [5, 5.41) is 12.4. The number of halogens is 1. The second-order valence-electron chi connectivity index (χ2n) is 4.67. The van der Waals surface area contributed by atoms with Crippen LogP contribution in [0.25, 0.3) is 0 Å². The van der Waals surface area contributed by atoms with E-state index in [9.17, 15) is 9.59 Å². The first-order valence-corrected chi connectivity index (χ1v) is 6.18. The summed E-state index contributed by atoms with van der Waals surface area (Å²) in [7, 11) is 0. The number of carboxylic acids is 1. The fraction of sp³-hybridized carbons (Fsp3) is 0.385. The zero-order valence-electron chi connectivity index (χ0n) is 9.78. The zero-order chi connectivity index (χ0) is 13.2. The number of carboxylic acid groups (broad SMARTS) is 1. The third kappa shape index (κ3) is 2.64. The summed E-state index contributed by atoms with van der Waals surface area (Å²) in [6.45, 7) is 0. The molecule has 0 atom stereocenters. The monoisotopic (exact) mass is 267 g/mol. The maximum absolute atomic E-state index is 11.8. The van der Waals surface area contributed by atoms with Crippen LogP contribution in [0.15, 0.2) is 24.3 Å². The van der Waals surface area contributed by atoms with Crippen LogP contribution in [0.5, 0.6) is 0 Å². The molecule has 4 nitrogen and oxygen atoms in total. The standard InChI is InChI=1S/C13H14ClNO3/c14-9-2-4-10(5-3-9)15-11(16)8-13(12(17)18)6-1-7-13/h2-5H,1,6-8H2,(H,15,16)(H,17,18). The number of nitrogens with one attached hydrogen (secondary N) is 1. The lowest BCUT2D eigenvalue weighted by Gasteiger charge is -2.36. The summed E-state index contributed by atoms with van der Waals surface area (Å²) >= 11 is 5.74. The Bertz CT molecular complexity index is 466. The lowest BCUT2D eigenvalue weighted by Crippen LogP contribution is -2.41. The molecule has 1 fully saturated rings. The number of aliphatic carboxylic acids is 1. The molecule has 0 bridgehead atoms. The number of benzene rings is 1. The summed E-state index contributed by atoms with van der Waals surface area (Å²) in [6, 6.07) is 6.73. The predicted octanol–water partition coefficient (Wildman–Crippen LogP) is 2.92. The molecular formula is C13H14ClNO3. The Morgan fingerprint density at radius 1 is 1.28 bits per heavy atom. The molecule has 2 rings (SSSR count). The smallest absolute Gasteiger partial charge is 0.310 e. The highest BCUT2D eigenvalue weighted by molar-refractivity contribution is 6.30. The molecule has 1 aromatic rings. The van der Waals surface area contributed by atoms with E-state index in [1.807, 2.05) is 0 Å². The third-order valence-corrected chi connectivity index (χ3v) is 3.64. The number of amides is 1. The highest BCUT2D eigenvalue weighted by atomic mass is 35.5. The summed E-state index contributed by atoms with van der Waals surface area (Å²) in [5.74, 6) is -1.14. The molecule has 0 heterocycles. The zero-order valence-corrected chi connectivity index (χ0v) is 10.5. The van der Waals surface area contributed by atoms with E-state index in [1.54, 1.807) is 24.3 Å². The Kier molecular flexibility index (Phi) is 3.57. The van der Waals surface area contributed by atoms with E-state index in [-0.39, 0.29) is 12.3 Å². The van der Waals surface area contributed by atoms with Gasteiger partial charge in [0.1, 0.15) is 0 Å². The van der Waals surface area contributed by atoms with Crippen molar-refractivity contribution in [3.05, 3.63) is 29.3 Å². The van der Waals surface area contributed by atoms with E-state index >= 15 is 0 Å². The fourth-order valence-corrected chi connectivity index (χ4v) is 2.24. The first-order chi connectivity index (χ1) is 8.52. The van der Waals surface area contributed by atoms with Crippen LogP contribution in [-0.2, 0) is 9.59 Å². The quantitative estimate of drug-likeness (QED) is 0.881. The van der Waals surface area contributed by atoms with Gasteiger partial charge in [0.15, 0.2) is 0 Å². The molecule has 1 amide bonds. The first-order valence-electron chi connectivity index (χ1n) is 5.81. The number of rotatable bonds is 4. The Morgan fingerprint density at radius 2 is 1.89 bits per heavy atom. The second kappa shape index (κ2) is 4.98. The van der Waals surface area contributed by atoms with Crippen molar-refractivity contribution < 1.29 is 14.7 Å². The number of hydrogen-bond donors (Lipinski definition) is 2. The van der Waals surface area contributed by atoms with Crippen molar-refractivity contribution in [1.29, 1.82) is 0 Å². The number of hydrogen-bond acceptors (Lipinski definition) is 2. The molecule has 2 N–H and O–H groups in total. The van der Waals surface area contributed by atoms with Crippen LogP contribution < -0.4 is 5.32 Å². The SMILES string of the molecule is O=C(CC1(C(=O)O)CCC1)Nc1ccc(Cl)cc1. The van der Waals surface area contributed by atoms with Gasteiger partial charge in [-0.3, -0.25) is 9.59 Å². The Labute approximate surface area is 110 Å². The maximum atomic E-state index is 11.8. The Hall–Kier alpha value is -1.55. The van der Waals surface area contributed by atoms with Crippen LogP contribution in [0, 0.1) is 5.41 Å². The van der Waals surface area contributed by atoms with Crippen LogP contribution in [0.4, 0.5) is 5.69 Å².